The zero-order valence-electron chi connectivity index (χ0n) is 23.3. The molecular weight excluding hydrogens is 586 g/mol. The number of alkyl halides is 3. The molecule has 0 aliphatic carbocycles. The van der Waals surface area contributed by atoms with E-state index in [1.165, 1.54) is 11.0 Å². The number of fused-ring (bicyclic) bond motifs is 2. The lowest BCUT2D eigenvalue weighted by atomic mass is 10.1. The fraction of sp³-hybridized carbons (Fsp3) is 0.267. The van der Waals surface area contributed by atoms with Gasteiger partial charge in [-0.05, 0) is 36.8 Å². The van der Waals surface area contributed by atoms with Gasteiger partial charge in [0, 0.05) is 57.2 Å². The quantitative estimate of drug-likeness (QED) is 0.283. The molecule has 0 bridgehead atoms. The fourth-order valence-corrected chi connectivity index (χ4v) is 5.13. The van der Waals surface area contributed by atoms with Crippen molar-refractivity contribution in [3.05, 3.63) is 88.2 Å². The predicted molar refractivity (Wildman–Crippen MR) is 153 cm³/mol. The Morgan fingerprint density at radius 1 is 1.18 bits per heavy atom. The Balaban J connectivity index is 0.000000493. The van der Waals surface area contributed by atoms with E-state index < -0.39 is 29.3 Å². The van der Waals surface area contributed by atoms with Gasteiger partial charge in [0.25, 0.3) is 5.91 Å². The standard InChI is InChI=1S/C28H26FN5O3.C2HF3O2/c1-32(12-10-18-6-4-5-11-31-18)28(36)20-16-34-22-7-2-3-8-23(22)37-27-24(34)19(26(20)35)14-21(29)25(27)33-13-9-17(30)15-33;3-2(4,5)1(6)7/h2-8,11,14,16-17H,9-10,12-13,15,30H2,1H3;(H,6,7). The van der Waals surface area contributed by atoms with Crippen molar-refractivity contribution >= 4 is 28.5 Å². The number of hydrogen-bond donors (Lipinski definition) is 2. The van der Waals surface area contributed by atoms with Gasteiger partial charge < -0.3 is 29.9 Å². The normalized spacial score (nSPS) is 15.2. The van der Waals surface area contributed by atoms with Crippen LogP contribution < -0.4 is 20.8 Å². The van der Waals surface area contributed by atoms with Crippen LogP contribution in [0.25, 0.3) is 16.6 Å². The van der Waals surface area contributed by atoms with E-state index in [1.807, 2.05) is 41.3 Å². The molecule has 2 aliphatic rings. The third-order valence-corrected chi connectivity index (χ3v) is 7.30. The topological polar surface area (TPSA) is 131 Å². The highest BCUT2D eigenvalue weighted by atomic mass is 19.4. The van der Waals surface area contributed by atoms with Gasteiger partial charge in [-0.2, -0.15) is 13.2 Å². The van der Waals surface area contributed by atoms with Crippen LogP contribution in [0.5, 0.6) is 11.5 Å². The number of halogens is 4. The number of carboxylic acids is 1. The molecule has 14 heteroatoms. The molecule has 4 aromatic rings. The number of carbonyl (C=O) groups excluding carboxylic acids is 1. The third kappa shape index (κ3) is 5.93. The van der Waals surface area contributed by atoms with Crippen LogP contribution in [-0.4, -0.2) is 70.3 Å². The smallest absolute Gasteiger partial charge is 0.475 e. The molecular formula is C30H27F4N5O5. The number of nitrogens with two attached hydrogens (primary N) is 1. The highest BCUT2D eigenvalue weighted by Crippen LogP contribution is 2.47. The van der Waals surface area contributed by atoms with Crippen LogP contribution >= 0.6 is 0 Å². The summed E-state index contributed by atoms with van der Waals surface area (Å²) in [6, 6.07) is 14.1. The van der Waals surface area contributed by atoms with Crippen LogP contribution in [0.2, 0.25) is 0 Å². The third-order valence-electron chi connectivity index (χ3n) is 7.30. The number of pyridine rings is 2. The summed E-state index contributed by atoms with van der Waals surface area (Å²) in [5, 5.41) is 7.22. The number of anilines is 1. The van der Waals surface area contributed by atoms with E-state index in [2.05, 4.69) is 4.98 Å². The maximum absolute atomic E-state index is 15.6. The van der Waals surface area contributed by atoms with Crippen molar-refractivity contribution in [1.82, 2.24) is 14.5 Å². The predicted octanol–water partition coefficient (Wildman–Crippen LogP) is 4.12. The van der Waals surface area contributed by atoms with Gasteiger partial charge in [-0.15, -0.1) is 0 Å². The number of carbonyl (C=O) groups is 2. The van der Waals surface area contributed by atoms with Gasteiger partial charge in [-0.1, -0.05) is 18.2 Å². The molecule has 1 atom stereocenters. The highest BCUT2D eigenvalue weighted by Gasteiger charge is 2.38. The fourth-order valence-electron chi connectivity index (χ4n) is 5.13. The molecule has 3 N–H and O–H groups in total. The van der Waals surface area contributed by atoms with Gasteiger partial charge in [0.1, 0.15) is 16.8 Å². The van der Waals surface area contributed by atoms with Gasteiger partial charge in [-0.3, -0.25) is 14.6 Å². The number of aliphatic carboxylic acids is 1. The van der Waals surface area contributed by atoms with Crippen LogP contribution in [-0.2, 0) is 11.2 Å². The number of para-hydroxylation sites is 2. The van der Waals surface area contributed by atoms with Crippen LogP contribution in [0.1, 0.15) is 22.5 Å². The molecule has 230 valence electrons. The van der Waals surface area contributed by atoms with Crippen LogP contribution in [0, 0.1) is 5.82 Å². The summed E-state index contributed by atoms with van der Waals surface area (Å²) in [6.07, 6.45) is -0.555. The van der Waals surface area contributed by atoms with Crippen molar-refractivity contribution in [3.63, 3.8) is 0 Å². The molecule has 2 aromatic carbocycles. The Bertz CT molecular complexity index is 1800. The van der Waals surface area contributed by atoms with Crippen LogP contribution in [0.3, 0.4) is 0 Å². The van der Waals surface area contributed by atoms with Crippen molar-refractivity contribution in [1.29, 1.82) is 0 Å². The largest absolute Gasteiger partial charge is 0.490 e. The SMILES string of the molecule is CN(CCc1ccccn1)C(=O)c1cn2c3c(c(N4CCC(N)C4)c(F)cc3c1=O)Oc1ccccc1-2.O=C(O)C(F)(F)F. The minimum atomic E-state index is -5.08. The van der Waals surface area contributed by atoms with Gasteiger partial charge in [-0.25, -0.2) is 9.18 Å². The second-order valence-corrected chi connectivity index (χ2v) is 10.3. The van der Waals surface area contributed by atoms with E-state index in [0.29, 0.717) is 43.0 Å². The number of likely N-dealkylation sites (N-methyl/N-ethyl adjacent to an activating group) is 1. The van der Waals surface area contributed by atoms with E-state index in [0.717, 1.165) is 12.1 Å². The zero-order valence-corrected chi connectivity index (χ0v) is 23.3. The maximum atomic E-state index is 15.6. The second kappa shape index (κ2) is 12.0. The highest BCUT2D eigenvalue weighted by molar-refractivity contribution is 6.01. The van der Waals surface area contributed by atoms with Gasteiger partial charge >= 0.3 is 12.1 Å². The summed E-state index contributed by atoms with van der Waals surface area (Å²) in [4.78, 5) is 43.6. The summed E-state index contributed by atoms with van der Waals surface area (Å²) >= 11 is 0. The number of ether oxygens (including phenoxy) is 1. The monoisotopic (exact) mass is 613 g/mol. The Kier molecular flexibility index (Phi) is 8.28. The molecule has 2 aliphatic heterocycles. The second-order valence-electron chi connectivity index (χ2n) is 10.3. The number of nitrogens with zero attached hydrogens (tertiary/aromatic N) is 4. The lowest BCUT2D eigenvalue weighted by Crippen LogP contribution is -2.34. The van der Waals surface area contributed by atoms with E-state index in [-0.39, 0.29) is 28.4 Å². The molecule has 1 saturated heterocycles. The molecule has 2 aromatic heterocycles. The Hall–Kier alpha value is -4.98. The van der Waals surface area contributed by atoms with Crippen molar-refractivity contribution < 1.29 is 37.0 Å². The molecule has 1 unspecified atom stereocenters. The number of rotatable bonds is 5. The minimum absolute atomic E-state index is 0.0333. The summed E-state index contributed by atoms with van der Waals surface area (Å²) in [7, 11) is 1.65. The average Bonchev–Trinajstić information content (AvgIpc) is 3.42. The lowest BCUT2D eigenvalue weighted by Gasteiger charge is -2.29. The van der Waals surface area contributed by atoms with Crippen LogP contribution in [0.15, 0.2) is 65.7 Å². The molecule has 0 radical (unpaired) electrons. The number of carboxylic acid groups (broad SMARTS) is 1. The van der Waals surface area contributed by atoms with E-state index in [4.69, 9.17) is 20.4 Å². The molecule has 1 amide bonds. The number of hydrogen-bond acceptors (Lipinski definition) is 7. The van der Waals surface area contributed by atoms with Crippen molar-refractivity contribution in [3.8, 4) is 17.2 Å². The number of amides is 1. The average molecular weight is 614 g/mol. The van der Waals surface area contributed by atoms with Gasteiger partial charge in [0.15, 0.2) is 17.3 Å². The molecule has 6 rings (SSSR count). The molecule has 4 heterocycles. The van der Waals surface area contributed by atoms with Crippen LogP contribution in [0.4, 0.5) is 23.2 Å². The Morgan fingerprint density at radius 3 is 2.52 bits per heavy atom. The first-order valence-corrected chi connectivity index (χ1v) is 13.5. The van der Waals surface area contributed by atoms with Gasteiger partial charge in [0.05, 0.1) is 11.1 Å². The summed E-state index contributed by atoms with van der Waals surface area (Å²) in [6.45, 7) is 1.45. The molecule has 0 spiro atoms. The van der Waals surface area contributed by atoms with Gasteiger partial charge in [0.2, 0.25) is 5.43 Å². The first-order valence-electron chi connectivity index (χ1n) is 13.5. The lowest BCUT2D eigenvalue weighted by molar-refractivity contribution is -0.192. The molecule has 44 heavy (non-hydrogen) atoms. The summed E-state index contributed by atoms with van der Waals surface area (Å²) < 4.78 is 55.4. The van der Waals surface area contributed by atoms with Crippen molar-refractivity contribution in [2.45, 2.75) is 25.1 Å². The molecule has 10 nitrogen and oxygen atoms in total. The van der Waals surface area contributed by atoms with E-state index in [1.54, 1.807) is 30.1 Å². The molecule has 1 fully saturated rings. The summed E-state index contributed by atoms with van der Waals surface area (Å²) in [5.74, 6) is -2.99. The number of benzene rings is 2. The molecule has 0 saturated carbocycles. The van der Waals surface area contributed by atoms with E-state index >= 15 is 4.39 Å². The van der Waals surface area contributed by atoms with Crippen molar-refractivity contribution in [2.24, 2.45) is 5.73 Å². The number of aromatic nitrogens is 2. The Morgan fingerprint density at radius 2 is 1.89 bits per heavy atom. The first kappa shape index (κ1) is 30.5. The Labute approximate surface area is 247 Å². The minimum Gasteiger partial charge on any atom is -0.475 e. The first-order chi connectivity index (χ1) is 20.9. The van der Waals surface area contributed by atoms with E-state index in [9.17, 15) is 22.8 Å². The van der Waals surface area contributed by atoms with Crippen molar-refractivity contribution in [2.75, 3.05) is 31.6 Å². The maximum Gasteiger partial charge on any atom is 0.490 e. The summed E-state index contributed by atoms with van der Waals surface area (Å²) in [5.41, 5.74) is 7.77. The zero-order chi connectivity index (χ0) is 31.8.